The molecule has 1 aromatic carbocycles. The maximum Gasteiger partial charge on any atom is 0.272 e. The van der Waals surface area contributed by atoms with Gasteiger partial charge in [0.05, 0.1) is 0 Å². The first-order valence-electron chi connectivity index (χ1n) is 6.98. The van der Waals surface area contributed by atoms with Crippen LogP contribution in [0.2, 0.25) is 0 Å². The van der Waals surface area contributed by atoms with Gasteiger partial charge in [-0.15, -0.1) is 0 Å². The second-order valence-electron chi connectivity index (χ2n) is 4.90. The van der Waals surface area contributed by atoms with Gasteiger partial charge in [-0.1, -0.05) is 6.07 Å². The summed E-state index contributed by atoms with van der Waals surface area (Å²) in [6, 6.07) is 8.87. The van der Waals surface area contributed by atoms with Crippen LogP contribution >= 0.6 is 0 Å². The van der Waals surface area contributed by atoms with E-state index in [2.05, 4.69) is 20.3 Å². The van der Waals surface area contributed by atoms with Crippen LogP contribution < -0.4 is 10.1 Å². The zero-order valence-corrected chi connectivity index (χ0v) is 12.3. The third-order valence-electron chi connectivity index (χ3n) is 3.16. The van der Waals surface area contributed by atoms with Crippen molar-refractivity contribution in [1.29, 1.82) is 0 Å². The van der Waals surface area contributed by atoms with E-state index in [0.29, 0.717) is 28.4 Å². The highest BCUT2D eigenvalue weighted by molar-refractivity contribution is 5.73. The summed E-state index contributed by atoms with van der Waals surface area (Å²) in [6.07, 6.45) is 0.664. The highest BCUT2D eigenvalue weighted by atomic mass is 19.3. The average molecular weight is 316 g/mol. The van der Waals surface area contributed by atoms with Gasteiger partial charge in [-0.05, 0) is 30.7 Å². The number of anilines is 2. The molecule has 1 N–H and O–H groups in total. The van der Waals surface area contributed by atoms with Gasteiger partial charge in [0.15, 0.2) is 5.65 Å². The number of ether oxygens (including phenoxy) is 1. The summed E-state index contributed by atoms with van der Waals surface area (Å²) in [5.41, 5.74) is 2.70. The van der Waals surface area contributed by atoms with Crippen LogP contribution in [0.1, 0.15) is 5.56 Å². The second-order valence-corrected chi connectivity index (χ2v) is 4.90. The average Bonchev–Trinajstić information content (AvgIpc) is 2.55. The molecule has 0 bridgehead atoms. The molecule has 5 nitrogen and oxygen atoms in total. The van der Waals surface area contributed by atoms with Gasteiger partial charge < -0.3 is 10.1 Å². The fourth-order valence-electron chi connectivity index (χ4n) is 2.06. The largest absolute Gasteiger partial charge is 0.487 e. The SMILES string of the molecule is Cc1ccc(Nc2ccc3nccnc3n2)cc1OCC(F)F. The van der Waals surface area contributed by atoms with Crippen LogP contribution in [0.15, 0.2) is 42.7 Å². The molecule has 0 unspecified atom stereocenters. The van der Waals surface area contributed by atoms with Gasteiger partial charge in [-0.2, -0.15) is 0 Å². The molecule has 0 aliphatic carbocycles. The number of hydrogen-bond donors (Lipinski definition) is 1. The van der Waals surface area contributed by atoms with Crippen molar-refractivity contribution in [1.82, 2.24) is 15.0 Å². The summed E-state index contributed by atoms with van der Waals surface area (Å²) in [6.45, 7) is 1.17. The number of halogens is 2. The van der Waals surface area contributed by atoms with Crippen molar-refractivity contribution in [2.45, 2.75) is 13.3 Å². The van der Waals surface area contributed by atoms with Crippen LogP contribution in [-0.2, 0) is 0 Å². The van der Waals surface area contributed by atoms with Gasteiger partial charge in [-0.25, -0.2) is 18.7 Å². The first-order valence-corrected chi connectivity index (χ1v) is 6.98. The number of nitrogens with one attached hydrogen (secondary N) is 1. The van der Waals surface area contributed by atoms with Crippen LogP contribution in [0.5, 0.6) is 5.75 Å². The molecule has 0 saturated heterocycles. The lowest BCUT2D eigenvalue weighted by Crippen LogP contribution is -2.08. The minimum Gasteiger partial charge on any atom is -0.487 e. The summed E-state index contributed by atoms with van der Waals surface area (Å²) >= 11 is 0. The van der Waals surface area contributed by atoms with Crippen molar-refractivity contribution in [2.75, 3.05) is 11.9 Å². The molecule has 0 radical (unpaired) electrons. The van der Waals surface area contributed by atoms with Crippen molar-refractivity contribution < 1.29 is 13.5 Å². The van der Waals surface area contributed by atoms with E-state index in [4.69, 9.17) is 4.74 Å². The highest BCUT2D eigenvalue weighted by Crippen LogP contribution is 2.25. The third kappa shape index (κ3) is 3.68. The van der Waals surface area contributed by atoms with Crippen LogP contribution in [0, 0.1) is 6.92 Å². The minimum atomic E-state index is -2.51. The second kappa shape index (κ2) is 6.51. The molecule has 2 heterocycles. The minimum absolute atomic E-state index is 0.413. The fraction of sp³-hybridized carbons (Fsp3) is 0.188. The van der Waals surface area contributed by atoms with Gasteiger partial charge in [0.2, 0.25) is 0 Å². The molecule has 3 aromatic rings. The Morgan fingerprint density at radius 2 is 1.96 bits per heavy atom. The molecule has 23 heavy (non-hydrogen) atoms. The zero-order chi connectivity index (χ0) is 16.2. The number of fused-ring (bicyclic) bond motifs is 1. The molecule has 3 rings (SSSR count). The van der Waals surface area contributed by atoms with E-state index in [9.17, 15) is 8.78 Å². The summed E-state index contributed by atoms with van der Waals surface area (Å²) in [7, 11) is 0. The molecule has 118 valence electrons. The van der Waals surface area contributed by atoms with Crippen molar-refractivity contribution >= 4 is 22.7 Å². The van der Waals surface area contributed by atoms with E-state index in [1.54, 1.807) is 43.6 Å². The lowest BCUT2D eigenvalue weighted by atomic mass is 10.2. The molecule has 0 saturated carbocycles. The van der Waals surface area contributed by atoms with Gasteiger partial charge in [0, 0.05) is 24.1 Å². The molecular weight excluding hydrogens is 302 g/mol. The summed E-state index contributed by atoms with van der Waals surface area (Å²) < 4.78 is 29.7. The molecule has 2 aromatic heterocycles. The predicted molar refractivity (Wildman–Crippen MR) is 83.3 cm³/mol. The molecule has 0 aliphatic heterocycles. The van der Waals surface area contributed by atoms with Crippen LogP contribution in [0.25, 0.3) is 11.2 Å². The lowest BCUT2D eigenvalue weighted by molar-refractivity contribution is 0.0816. The molecular formula is C16H14F2N4O. The Morgan fingerprint density at radius 3 is 2.78 bits per heavy atom. The Bertz CT molecular complexity index is 826. The van der Waals surface area contributed by atoms with E-state index in [-0.39, 0.29) is 0 Å². The molecule has 7 heteroatoms. The number of pyridine rings is 1. The normalized spacial score (nSPS) is 11.0. The summed E-state index contributed by atoms with van der Waals surface area (Å²) in [4.78, 5) is 12.6. The molecule has 0 amide bonds. The Hall–Kier alpha value is -2.83. The Balaban J connectivity index is 1.82. The highest BCUT2D eigenvalue weighted by Gasteiger charge is 2.07. The van der Waals surface area contributed by atoms with Crippen LogP contribution in [0.3, 0.4) is 0 Å². The van der Waals surface area contributed by atoms with Gasteiger partial charge in [-0.3, -0.25) is 4.98 Å². The number of aryl methyl sites for hydroxylation is 1. The smallest absolute Gasteiger partial charge is 0.272 e. The predicted octanol–water partition coefficient (Wildman–Crippen LogP) is 3.72. The maximum atomic E-state index is 12.3. The van der Waals surface area contributed by atoms with Crippen molar-refractivity contribution in [3.05, 3.63) is 48.3 Å². The monoisotopic (exact) mass is 316 g/mol. The molecule has 0 aliphatic rings. The fourth-order valence-corrected chi connectivity index (χ4v) is 2.06. The number of benzene rings is 1. The first-order chi connectivity index (χ1) is 11.1. The number of alkyl halides is 2. The molecule has 0 atom stereocenters. The Morgan fingerprint density at radius 1 is 1.13 bits per heavy atom. The van der Waals surface area contributed by atoms with Crippen LogP contribution in [0.4, 0.5) is 20.3 Å². The first kappa shape index (κ1) is 15.1. The summed E-state index contributed by atoms with van der Waals surface area (Å²) in [5, 5.41) is 3.10. The van der Waals surface area contributed by atoms with Crippen LogP contribution in [-0.4, -0.2) is 28.0 Å². The van der Waals surface area contributed by atoms with E-state index >= 15 is 0 Å². The quantitative estimate of drug-likeness (QED) is 0.777. The van der Waals surface area contributed by atoms with E-state index in [1.807, 2.05) is 6.07 Å². The van der Waals surface area contributed by atoms with Gasteiger partial charge >= 0.3 is 0 Å². The van der Waals surface area contributed by atoms with E-state index in [0.717, 1.165) is 5.56 Å². The van der Waals surface area contributed by atoms with E-state index < -0.39 is 13.0 Å². The Labute approximate surface area is 131 Å². The molecule has 0 fully saturated rings. The third-order valence-corrected chi connectivity index (χ3v) is 3.16. The van der Waals surface area contributed by atoms with Crippen molar-refractivity contribution in [2.24, 2.45) is 0 Å². The number of hydrogen-bond acceptors (Lipinski definition) is 5. The van der Waals surface area contributed by atoms with Crippen molar-refractivity contribution in [3.63, 3.8) is 0 Å². The van der Waals surface area contributed by atoms with Crippen molar-refractivity contribution in [3.8, 4) is 5.75 Å². The number of rotatable bonds is 5. The lowest BCUT2D eigenvalue weighted by Gasteiger charge is -2.12. The maximum absolute atomic E-state index is 12.3. The van der Waals surface area contributed by atoms with E-state index in [1.165, 1.54) is 0 Å². The Kier molecular flexibility index (Phi) is 4.27. The zero-order valence-electron chi connectivity index (χ0n) is 12.3. The summed E-state index contributed by atoms with van der Waals surface area (Å²) in [5.74, 6) is 0.998. The topological polar surface area (TPSA) is 59.9 Å². The number of aromatic nitrogens is 3. The van der Waals surface area contributed by atoms with Gasteiger partial charge in [0.25, 0.3) is 6.43 Å². The molecule has 0 spiro atoms. The standard InChI is InChI=1S/C16H14F2N4O/c1-10-2-3-11(8-13(10)23-9-14(17)18)21-15-5-4-12-16(22-15)20-7-6-19-12/h2-8,14H,9H2,1H3,(H,20,21,22). The van der Waals surface area contributed by atoms with Gasteiger partial charge in [0.1, 0.15) is 23.7 Å². The number of nitrogens with zero attached hydrogens (tertiary/aromatic N) is 3.